The van der Waals surface area contributed by atoms with Gasteiger partial charge < -0.3 is 11.1 Å². The molecule has 0 aromatic carbocycles. The van der Waals surface area contributed by atoms with Crippen molar-refractivity contribution in [3.05, 3.63) is 0 Å². The van der Waals surface area contributed by atoms with Crippen molar-refractivity contribution < 1.29 is 9.00 Å². The highest BCUT2D eigenvalue weighted by atomic mass is 32.2. The maximum atomic E-state index is 12.0. The second-order valence-electron chi connectivity index (χ2n) is 4.96. The largest absolute Gasteiger partial charge is 0.352 e. The Morgan fingerprint density at radius 1 is 1.25 bits per heavy atom. The maximum Gasteiger partial charge on any atom is 0.240 e. The van der Waals surface area contributed by atoms with Crippen LogP contribution in [0.4, 0.5) is 0 Å². The predicted octanol–water partition coefficient (Wildman–Crippen LogP) is 0.285. The van der Waals surface area contributed by atoms with Crippen LogP contribution in [-0.4, -0.2) is 33.2 Å². The van der Waals surface area contributed by atoms with Crippen LogP contribution in [0, 0.1) is 0 Å². The van der Waals surface area contributed by atoms with Crippen LogP contribution in [0.2, 0.25) is 0 Å². The highest BCUT2D eigenvalue weighted by molar-refractivity contribution is 7.85. The molecule has 0 radical (unpaired) electrons. The zero-order chi connectivity index (χ0) is 11.6. The molecule has 2 fully saturated rings. The first kappa shape index (κ1) is 12.0. The number of amides is 1. The fourth-order valence-electron chi connectivity index (χ4n) is 2.50. The molecular formula is C11H20N2O2S. The van der Waals surface area contributed by atoms with E-state index in [-0.39, 0.29) is 11.9 Å². The summed E-state index contributed by atoms with van der Waals surface area (Å²) in [7, 11) is -0.671. The minimum absolute atomic E-state index is 0.00248. The van der Waals surface area contributed by atoms with Gasteiger partial charge in [0.2, 0.25) is 5.91 Å². The molecule has 0 spiro atoms. The molecule has 0 aromatic rings. The average Bonchev–Trinajstić information content (AvgIpc) is 2.70. The van der Waals surface area contributed by atoms with E-state index >= 15 is 0 Å². The molecule has 0 unspecified atom stereocenters. The molecule has 3 N–H and O–H groups in total. The molecule has 5 heteroatoms. The van der Waals surface area contributed by atoms with Gasteiger partial charge in [0.05, 0.1) is 5.54 Å². The molecule has 0 atom stereocenters. The van der Waals surface area contributed by atoms with E-state index in [0.717, 1.165) is 38.5 Å². The number of hydrogen-bond donors (Lipinski definition) is 2. The Morgan fingerprint density at radius 3 is 2.38 bits per heavy atom. The van der Waals surface area contributed by atoms with E-state index in [9.17, 15) is 9.00 Å². The SMILES string of the molecule is NC1(C(=O)NC2CCS(=O)CC2)CCCC1. The molecule has 1 amide bonds. The van der Waals surface area contributed by atoms with Crippen LogP contribution in [-0.2, 0) is 15.6 Å². The van der Waals surface area contributed by atoms with Crippen molar-refractivity contribution in [2.45, 2.75) is 50.1 Å². The normalized spacial score (nSPS) is 33.6. The number of carbonyl (C=O) groups excluding carboxylic acids is 1. The summed E-state index contributed by atoms with van der Waals surface area (Å²) in [6.45, 7) is 0. The number of carbonyl (C=O) groups is 1. The molecule has 1 aliphatic carbocycles. The number of nitrogens with two attached hydrogens (primary N) is 1. The van der Waals surface area contributed by atoms with Crippen molar-refractivity contribution in [1.82, 2.24) is 5.32 Å². The van der Waals surface area contributed by atoms with Gasteiger partial charge in [-0.3, -0.25) is 9.00 Å². The summed E-state index contributed by atoms with van der Waals surface area (Å²) in [5.41, 5.74) is 5.45. The van der Waals surface area contributed by atoms with Gasteiger partial charge in [-0.25, -0.2) is 0 Å². The van der Waals surface area contributed by atoms with Crippen molar-refractivity contribution >= 4 is 16.7 Å². The fraction of sp³-hybridized carbons (Fsp3) is 0.909. The van der Waals surface area contributed by atoms with E-state index < -0.39 is 16.3 Å². The van der Waals surface area contributed by atoms with E-state index in [1.165, 1.54) is 0 Å². The molecule has 92 valence electrons. The molecule has 1 saturated heterocycles. The molecule has 4 nitrogen and oxygen atoms in total. The zero-order valence-corrected chi connectivity index (χ0v) is 10.4. The van der Waals surface area contributed by atoms with Crippen LogP contribution < -0.4 is 11.1 Å². The van der Waals surface area contributed by atoms with Gasteiger partial charge in [0.25, 0.3) is 0 Å². The smallest absolute Gasteiger partial charge is 0.240 e. The van der Waals surface area contributed by atoms with E-state index in [1.807, 2.05) is 0 Å². The van der Waals surface area contributed by atoms with Crippen LogP contribution in [0.25, 0.3) is 0 Å². The summed E-state index contributed by atoms with van der Waals surface area (Å²) in [4.78, 5) is 12.0. The Morgan fingerprint density at radius 2 is 1.81 bits per heavy atom. The van der Waals surface area contributed by atoms with Crippen LogP contribution >= 0.6 is 0 Å². The highest BCUT2D eigenvalue weighted by Gasteiger charge is 2.38. The first-order valence-corrected chi connectivity index (χ1v) is 7.54. The molecule has 2 aliphatic rings. The summed E-state index contributed by atoms with van der Waals surface area (Å²) in [5.74, 6) is 1.42. The monoisotopic (exact) mass is 244 g/mol. The maximum absolute atomic E-state index is 12.0. The minimum Gasteiger partial charge on any atom is -0.352 e. The Kier molecular flexibility index (Phi) is 3.64. The number of rotatable bonds is 2. The molecule has 16 heavy (non-hydrogen) atoms. The summed E-state index contributed by atoms with van der Waals surface area (Å²) in [6.07, 6.45) is 5.37. The van der Waals surface area contributed by atoms with Crippen LogP contribution in [0.15, 0.2) is 0 Å². The van der Waals surface area contributed by atoms with Gasteiger partial charge in [-0.2, -0.15) is 0 Å². The van der Waals surface area contributed by atoms with E-state index in [1.54, 1.807) is 0 Å². The molecule has 2 rings (SSSR count). The first-order valence-electron chi connectivity index (χ1n) is 6.05. The van der Waals surface area contributed by atoms with Crippen molar-refractivity contribution in [3.8, 4) is 0 Å². The highest BCUT2D eigenvalue weighted by Crippen LogP contribution is 2.27. The van der Waals surface area contributed by atoms with Crippen LogP contribution in [0.3, 0.4) is 0 Å². The third kappa shape index (κ3) is 2.63. The third-order valence-corrected chi connectivity index (χ3v) is 5.05. The minimum atomic E-state index is -0.671. The topological polar surface area (TPSA) is 72.2 Å². The van der Waals surface area contributed by atoms with Crippen LogP contribution in [0.5, 0.6) is 0 Å². The van der Waals surface area contributed by atoms with Crippen molar-refractivity contribution in [2.75, 3.05) is 11.5 Å². The molecule has 0 bridgehead atoms. The number of hydrogen-bond acceptors (Lipinski definition) is 3. The van der Waals surface area contributed by atoms with E-state index in [4.69, 9.17) is 5.73 Å². The molecule has 1 aliphatic heterocycles. The van der Waals surface area contributed by atoms with Crippen LogP contribution in [0.1, 0.15) is 38.5 Å². The Bertz CT molecular complexity index is 290. The lowest BCUT2D eigenvalue weighted by Crippen LogP contribution is -2.55. The summed E-state index contributed by atoms with van der Waals surface area (Å²) in [5, 5.41) is 3.02. The average molecular weight is 244 g/mol. The summed E-state index contributed by atoms with van der Waals surface area (Å²) < 4.78 is 11.2. The first-order chi connectivity index (χ1) is 7.60. The zero-order valence-electron chi connectivity index (χ0n) is 9.54. The Hall–Kier alpha value is -0.420. The fourth-order valence-corrected chi connectivity index (χ4v) is 3.80. The van der Waals surface area contributed by atoms with Crippen molar-refractivity contribution in [1.29, 1.82) is 0 Å². The van der Waals surface area contributed by atoms with Gasteiger partial charge in [-0.05, 0) is 25.7 Å². The van der Waals surface area contributed by atoms with Gasteiger partial charge in [-0.1, -0.05) is 12.8 Å². The van der Waals surface area contributed by atoms with Gasteiger partial charge in [-0.15, -0.1) is 0 Å². The lowest BCUT2D eigenvalue weighted by molar-refractivity contribution is -0.126. The van der Waals surface area contributed by atoms with E-state index in [2.05, 4.69) is 5.32 Å². The van der Waals surface area contributed by atoms with Gasteiger partial charge in [0.15, 0.2) is 0 Å². The Labute approximate surface area is 98.8 Å². The van der Waals surface area contributed by atoms with Gasteiger partial charge in [0, 0.05) is 28.3 Å². The lowest BCUT2D eigenvalue weighted by Gasteiger charge is -2.28. The molecule has 1 saturated carbocycles. The molecule has 0 aromatic heterocycles. The van der Waals surface area contributed by atoms with Gasteiger partial charge >= 0.3 is 0 Å². The molecular weight excluding hydrogens is 224 g/mol. The van der Waals surface area contributed by atoms with Crippen molar-refractivity contribution in [2.24, 2.45) is 5.73 Å². The second kappa shape index (κ2) is 4.84. The summed E-state index contributed by atoms with van der Waals surface area (Å²) in [6, 6.07) is 0.186. The number of nitrogens with one attached hydrogen (secondary N) is 1. The standard InChI is InChI=1S/C11H20N2O2S/c12-11(5-1-2-6-11)10(14)13-9-3-7-16(15)8-4-9/h9H,1-8,12H2,(H,13,14). The Balaban J connectivity index is 1.85. The third-order valence-electron chi connectivity index (χ3n) is 3.67. The quantitative estimate of drug-likeness (QED) is 0.733. The predicted molar refractivity (Wildman–Crippen MR) is 64.4 cm³/mol. The molecule has 1 heterocycles. The second-order valence-corrected chi connectivity index (χ2v) is 6.66. The summed E-state index contributed by atoms with van der Waals surface area (Å²) >= 11 is 0. The van der Waals surface area contributed by atoms with Crippen molar-refractivity contribution in [3.63, 3.8) is 0 Å². The van der Waals surface area contributed by atoms with E-state index in [0.29, 0.717) is 11.5 Å². The van der Waals surface area contributed by atoms with Gasteiger partial charge in [0.1, 0.15) is 0 Å². The lowest BCUT2D eigenvalue weighted by atomic mass is 9.97.